The lowest BCUT2D eigenvalue weighted by Gasteiger charge is -2.18. The van der Waals surface area contributed by atoms with E-state index in [0.717, 1.165) is 11.3 Å². The Morgan fingerprint density at radius 1 is 1.13 bits per heavy atom. The van der Waals surface area contributed by atoms with Gasteiger partial charge < -0.3 is 15.9 Å². The average Bonchev–Trinajstić information content (AvgIpc) is 2.18. The molecule has 0 fully saturated rings. The molecule has 3 heteroatoms. The van der Waals surface area contributed by atoms with Gasteiger partial charge in [0.2, 0.25) is 0 Å². The first-order valence-corrected chi connectivity index (χ1v) is 5.22. The molecule has 0 aliphatic heterocycles. The molecule has 3 atom stereocenters. The summed E-state index contributed by atoms with van der Waals surface area (Å²) in [6.07, 6.45) is -0.791. The quantitative estimate of drug-likeness (QED) is 0.658. The zero-order valence-corrected chi connectivity index (χ0v) is 9.22. The van der Waals surface area contributed by atoms with Gasteiger partial charge in [0.15, 0.2) is 0 Å². The van der Waals surface area contributed by atoms with Crippen LogP contribution in [0.3, 0.4) is 0 Å². The fraction of sp³-hybridized carbons (Fsp3) is 0.500. The fourth-order valence-corrected chi connectivity index (χ4v) is 1.52. The number of nitrogens with two attached hydrogens (primary N) is 1. The van der Waals surface area contributed by atoms with E-state index in [0.29, 0.717) is 6.42 Å². The Kier molecular flexibility index (Phi) is 4.12. The molecule has 0 heterocycles. The monoisotopic (exact) mass is 209 g/mol. The van der Waals surface area contributed by atoms with E-state index in [4.69, 9.17) is 5.73 Å². The molecule has 3 unspecified atom stereocenters. The Morgan fingerprint density at radius 2 is 1.67 bits per heavy atom. The molecule has 0 aliphatic carbocycles. The number of aliphatic hydroxyl groups is 2. The zero-order valence-electron chi connectivity index (χ0n) is 9.22. The van der Waals surface area contributed by atoms with Crippen LogP contribution in [-0.4, -0.2) is 22.4 Å². The summed E-state index contributed by atoms with van der Waals surface area (Å²) in [5, 5.41) is 18.7. The Labute approximate surface area is 90.5 Å². The number of nitrogen functional groups attached to an aromatic ring is 1. The Hall–Kier alpha value is -1.06. The lowest BCUT2D eigenvalue weighted by atomic mass is 9.93. The van der Waals surface area contributed by atoms with Crippen LogP contribution >= 0.6 is 0 Å². The second-order valence-corrected chi connectivity index (χ2v) is 4.11. The Bertz CT molecular complexity index is 295. The number of rotatable bonds is 4. The number of anilines is 1. The Morgan fingerprint density at radius 3 is 2.13 bits per heavy atom. The van der Waals surface area contributed by atoms with Crippen LogP contribution in [0, 0.1) is 0 Å². The van der Waals surface area contributed by atoms with Gasteiger partial charge in [-0.15, -0.1) is 0 Å². The van der Waals surface area contributed by atoms with Crippen molar-refractivity contribution in [1.82, 2.24) is 0 Å². The van der Waals surface area contributed by atoms with E-state index < -0.39 is 12.2 Å². The summed E-state index contributed by atoms with van der Waals surface area (Å²) in [7, 11) is 0. The first-order valence-electron chi connectivity index (χ1n) is 5.22. The van der Waals surface area contributed by atoms with Gasteiger partial charge in [0.05, 0.1) is 12.2 Å². The molecule has 0 radical (unpaired) electrons. The highest BCUT2D eigenvalue weighted by Gasteiger charge is 2.15. The van der Waals surface area contributed by atoms with Gasteiger partial charge in [0.1, 0.15) is 0 Å². The van der Waals surface area contributed by atoms with Crippen LogP contribution in [0.1, 0.15) is 31.7 Å². The highest BCUT2D eigenvalue weighted by molar-refractivity contribution is 5.40. The molecule has 0 aromatic heterocycles. The second-order valence-electron chi connectivity index (χ2n) is 4.11. The molecule has 84 valence electrons. The van der Waals surface area contributed by atoms with Crippen molar-refractivity contribution in [2.24, 2.45) is 0 Å². The summed E-state index contributed by atoms with van der Waals surface area (Å²) >= 11 is 0. The molecule has 0 amide bonds. The van der Waals surface area contributed by atoms with Crippen molar-refractivity contribution < 1.29 is 10.2 Å². The van der Waals surface area contributed by atoms with Crippen LogP contribution in [-0.2, 0) is 0 Å². The standard InChI is InChI=1S/C12H19NO2/c1-8(7-12(15)9(2)14)10-3-5-11(13)6-4-10/h3-6,8-9,12,14-15H,7,13H2,1-2H3. The third-order valence-electron chi connectivity index (χ3n) is 2.66. The smallest absolute Gasteiger partial charge is 0.0802 e. The minimum Gasteiger partial charge on any atom is -0.399 e. The predicted molar refractivity (Wildman–Crippen MR) is 61.6 cm³/mol. The maximum Gasteiger partial charge on any atom is 0.0802 e. The van der Waals surface area contributed by atoms with E-state index in [2.05, 4.69) is 0 Å². The third-order valence-corrected chi connectivity index (χ3v) is 2.66. The third kappa shape index (κ3) is 3.53. The van der Waals surface area contributed by atoms with Crippen LogP contribution in [0.5, 0.6) is 0 Å². The van der Waals surface area contributed by atoms with Gasteiger partial charge in [-0.2, -0.15) is 0 Å². The van der Waals surface area contributed by atoms with Crippen molar-refractivity contribution in [2.45, 2.75) is 38.4 Å². The van der Waals surface area contributed by atoms with Gasteiger partial charge >= 0.3 is 0 Å². The average molecular weight is 209 g/mol. The topological polar surface area (TPSA) is 66.5 Å². The normalized spacial score (nSPS) is 17.1. The lowest BCUT2D eigenvalue weighted by molar-refractivity contribution is 0.0227. The second kappa shape index (κ2) is 5.14. The summed E-state index contributed by atoms with van der Waals surface area (Å²) in [5.41, 5.74) is 7.45. The summed E-state index contributed by atoms with van der Waals surface area (Å²) in [4.78, 5) is 0. The molecular weight excluding hydrogens is 190 g/mol. The molecule has 1 rings (SSSR count). The van der Waals surface area contributed by atoms with Crippen molar-refractivity contribution in [2.75, 3.05) is 5.73 Å². The molecular formula is C12H19NO2. The van der Waals surface area contributed by atoms with Crippen LogP contribution in [0.2, 0.25) is 0 Å². The Balaban J connectivity index is 2.61. The van der Waals surface area contributed by atoms with E-state index in [1.54, 1.807) is 6.92 Å². The molecule has 0 bridgehead atoms. The fourth-order valence-electron chi connectivity index (χ4n) is 1.52. The van der Waals surface area contributed by atoms with Crippen LogP contribution in [0.15, 0.2) is 24.3 Å². The molecule has 1 aromatic carbocycles. The first-order chi connectivity index (χ1) is 7.00. The lowest BCUT2D eigenvalue weighted by Crippen LogP contribution is -2.24. The minimum atomic E-state index is -0.679. The van der Waals surface area contributed by atoms with Crippen molar-refractivity contribution >= 4 is 5.69 Å². The maximum atomic E-state index is 9.54. The van der Waals surface area contributed by atoms with Gasteiger partial charge in [0, 0.05) is 5.69 Å². The zero-order chi connectivity index (χ0) is 11.4. The number of hydrogen-bond acceptors (Lipinski definition) is 3. The van der Waals surface area contributed by atoms with Crippen LogP contribution < -0.4 is 5.73 Å². The van der Waals surface area contributed by atoms with Crippen LogP contribution in [0.4, 0.5) is 5.69 Å². The largest absolute Gasteiger partial charge is 0.399 e. The highest BCUT2D eigenvalue weighted by atomic mass is 16.3. The van der Waals surface area contributed by atoms with E-state index in [-0.39, 0.29) is 5.92 Å². The number of hydrogen-bond donors (Lipinski definition) is 3. The summed E-state index contributed by atoms with van der Waals surface area (Å²) < 4.78 is 0. The summed E-state index contributed by atoms with van der Waals surface area (Å²) in [5.74, 6) is 0.218. The van der Waals surface area contributed by atoms with Gasteiger partial charge in [-0.05, 0) is 37.0 Å². The summed E-state index contributed by atoms with van der Waals surface area (Å²) in [6.45, 7) is 3.62. The molecule has 0 aliphatic rings. The van der Waals surface area contributed by atoms with E-state index in [1.165, 1.54) is 0 Å². The molecule has 1 aromatic rings. The van der Waals surface area contributed by atoms with Crippen molar-refractivity contribution in [3.8, 4) is 0 Å². The molecule has 3 nitrogen and oxygen atoms in total. The van der Waals surface area contributed by atoms with E-state index in [1.807, 2.05) is 31.2 Å². The van der Waals surface area contributed by atoms with E-state index >= 15 is 0 Å². The number of benzene rings is 1. The van der Waals surface area contributed by atoms with Crippen molar-refractivity contribution in [3.63, 3.8) is 0 Å². The predicted octanol–water partition coefficient (Wildman–Crippen LogP) is 1.50. The SMILES string of the molecule is CC(CC(O)C(C)O)c1ccc(N)cc1. The molecule has 0 saturated heterocycles. The highest BCUT2D eigenvalue weighted by Crippen LogP contribution is 2.22. The first kappa shape index (κ1) is 12.0. The van der Waals surface area contributed by atoms with Gasteiger partial charge in [-0.25, -0.2) is 0 Å². The molecule has 4 N–H and O–H groups in total. The van der Waals surface area contributed by atoms with E-state index in [9.17, 15) is 10.2 Å². The van der Waals surface area contributed by atoms with Crippen molar-refractivity contribution in [1.29, 1.82) is 0 Å². The maximum absolute atomic E-state index is 9.54. The molecule has 0 spiro atoms. The number of aliphatic hydroxyl groups excluding tert-OH is 2. The van der Waals surface area contributed by atoms with Gasteiger partial charge in [-0.1, -0.05) is 19.1 Å². The van der Waals surface area contributed by atoms with Crippen molar-refractivity contribution in [3.05, 3.63) is 29.8 Å². The van der Waals surface area contributed by atoms with Crippen LogP contribution in [0.25, 0.3) is 0 Å². The minimum absolute atomic E-state index is 0.218. The summed E-state index contributed by atoms with van der Waals surface area (Å²) in [6, 6.07) is 7.60. The molecule has 0 saturated carbocycles. The van der Waals surface area contributed by atoms with Gasteiger partial charge in [0.25, 0.3) is 0 Å². The molecule has 15 heavy (non-hydrogen) atoms. The van der Waals surface area contributed by atoms with Gasteiger partial charge in [-0.3, -0.25) is 0 Å².